The predicted molar refractivity (Wildman–Crippen MR) is 133 cm³/mol. The van der Waals surface area contributed by atoms with E-state index in [2.05, 4.69) is 9.69 Å². The number of methoxy groups -OCH3 is 1. The lowest BCUT2D eigenvalue weighted by Gasteiger charge is -2.32. The highest BCUT2D eigenvalue weighted by Crippen LogP contribution is 2.36. The molecule has 10 heteroatoms. The van der Waals surface area contributed by atoms with E-state index in [0.717, 1.165) is 37.2 Å². The van der Waals surface area contributed by atoms with Crippen molar-refractivity contribution in [1.29, 1.82) is 0 Å². The van der Waals surface area contributed by atoms with E-state index in [1.165, 1.54) is 17.0 Å². The lowest BCUT2D eigenvalue weighted by molar-refractivity contribution is -0.123. The Morgan fingerprint density at radius 3 is 2.32 bits per heavy atom. The molecule has 2 N–H and O–H groups in total. The summed E-state index contributed by atoms with van der Waals surface area (Å²) in [6, 6.07) is 12.0. The van der Waals surface area contributed by atoms with Gasteiger partial charge in [-0.15, -0.1) is 0 Å². The zero-order valence-corrected chi connectivity index (χ0v) is 20.7. The van der Waals surface area contributed by atoms with Crippen molar-refractivity contribution in [3.8, 4) is 11.5 Å². The fourth-order valence-electron chi connectivity index (χ4n) is 4.06. The van der Waals surface area contributed by atoms with Gasteiger partial charge in [0.25, 0.3) is 5.91 Å². The Labute approximate surface area is 211 Å². The Balaban J connectivity index is 1.83. The van der Waals surface area contributed by atoms with Crippen LogP contribution in [0.3, 0.4) is 0 Å². The second kappa shape index (κ2) is 10.6. The number of aromatic nitrogens is 1. The van der Waals surface area contributed by atoms with Crippen LogP contribution < -0.4 is 15.0 Å². The molecule has 2 amide bonds. The summed E-state index contributed by atoms with van der Waals surface area (Å²) >= 11 is 13.3. The number of nitrogens with one attached hydrogen (secondary N) is 1. The van der Waals surface area contributed by atoms with Crippen LogP contribution in [0, 0.1) is 0 Å². The monoisotopic (exact) mass is 519 g/mol. The number of hydrogen-bond donors (Lipinski definition) is 2. The molecule has 1 heterocycles. The number of phenolic OH excluding ortho intramolecular Hbond substituents is 1. The third-order valence-electron chi connectivity index (χ3n) is 5.79. The largest absolute Gasteiger partial charge is 0.508 e. The Bertz CT molecular complexity index is 1160. The van der Waals surface area contributed by atoms with E-state index in [0.29, 0.717) is 17.0 Å². The number of hydrogen-bond acceptors (Lipinski definition) is 6. The molecule has 1 fully saturated rings. The zero-order chi connectivity index (χ0) is 24.2. The maximum atomic E-state index is 13.8. The number of carbonyl (C=O) groups excluding carboxylic acids is 2. The highest BCUT2D eigenvalue weighted by atomic mass is 35.5. The van der Waals surface area contributed by atoms with Crippen molar-refractivity contribution in [1.82, 2.24) is 9.69 Å². The van der Waals surface area contributed by atoms with Crippen LogP contribution >= 0.6 is 34.7 Å². The highest BCUT2D eigenvalue weighted by Gasteiger charge is 2.36. The lowest BCUT2D eigenvalue weighted by atomic mass is 10.0. The molecule has 1 aliphatic rings. The van der Waals surface area contributed by atoms with Crippen LogP contribution in [-0.2, 0) is 4.79 Å². The molecule has 0 unspecified atom stereocenters. The van der Waals surface area contributed by atoms with Crippen molar-refractivity contribution >= 4 is 52.2 Å². The first kappa shape index (κ1) is 24.3. The van der Waals surface area contributed by atoms with Gasteiger partial charge < -0.3 is 15.2 Å². The molecule has 1 aromatic heterocycles. The van der Waals surface area contributed by atoms with Crippen molar-refractivity contribution in [3.05, 3.63) is 69.1 Å². The number of halogens is 2. The van der Waals surface area contributed by atoms with Crippen molar-refractivity contribution < 1.29 is 19.4 Å². The first-order valence-electron chi connectivity index (χ1n) is 10.8. The summed E-state index contributed by atoms with van der Waals surface area (Å²) in [5.41, 5.74) is 0.936. The lowest BCUT2D eigenvalue weighted by Crippen LogP contribution is -2.46. The molecular formula is C24H23Cl2N3O4S. The number of phenols is 1. The van der Waals surface area contributed by atoms with Crippen molar-refractivity contribution in [2.24, 2.45) is 0 Å². The van der Waals surface area contributed by atoms with Gasteiger partial charge in [0.15, 0.2) is 5.69 Å². The van der Waals surface area contributed by atoms with Gasteiger partial charge in [0.1, 0.15) is 26.9 Å². The second-order valence-electron chi connectivity index (χ2n) is 7.98. The number of nitrogens with zero attached hydrogens (tertiary/aromatic N) is 2. The number of anilines is 1. The highest BCUT2D eigenvalue weighted by molar-refractivity contribution is 7.11. The van der Waals surface area contributed by atoms with Crippen molar-refractivity contribution in [2.75, 3.05) is 12.0 Å². The average molecular weight is 520 g/mol. The number of ether oxygens (including phenoxy) is 1. The van der Waals surface area contributed by atoms with Crippen LogP contribution in [0.1, 0.15) is 47.8 Å². The van der Waals surface area contributed by atoms with Gasteiger partial charge in [-0.1, -0.05) is 48.2 Å². The minimum atomic E-state index is -1.04. The van der Waals surface area contributed by atoms with Crippen molar-refractivity contribution in [2.45, 2.75) is 37.8 Å². The standard InChI is InChI=1S/C24H23Cl2N3O4S/c1-33-18-12-8-16(9-13-18)29(24(32)20-19(25)22(26)34-28-20)21(14-6-10-17(30)11-7-14)23(31)27-15-4-2-3-5-15/h6-13,15,21,30H,2-5H2,1H3,(H,27,31)/t21-/m1/s1. The summed E-state index contributed by atoms with van der Waals surface area (Å²) < 4.78 is 9.58. The number of rotatable bonds is 7. The summed E-state index contributed by atoms with van der Waals surface area (Å²) in [6.45, 7) is 0. The van der Waals surface area contributed by atoms with E-state index in [4.69, 9.17) is 27.9 Å². The molecule has 3 aromatic rings. The summed E-state index contributed by atoms with van der Waals surface area (Å²) in [6.07, 6.45) is 3.86. The third-order valence-corrected chi connectivity index (χ3v) is 7.40. The van der Waals surface area contributed by atoms with Gasteiger partial charge in [-0.05, 0) is 66.3 Å². The van der Waals surface area contributed by atoms with Crippen molar-refractivity contribution in [3.63, 3.8) is 0 Å². The number of carbonyl (C=O) groups is 2. The molecule has 0 aliphatic heterocycles. The normalized spacial score (nSPS) is 14.6. The Morgan fingerprint density at radius 2 is 1.76 bits per heavy atom. The van der Waals surface area contributed by atoms with E-state index in [1.54, 1.807) is 43.5 Å². The predicted octanol–water partition coefficient (Wildman–Crippen LogP) is 5.61. The zero-order valence-electron chi connectivity index (χ0n) is 18.3. The van der Waals surface area contributed by atoms with Gasteiger partial charge in [0, 0.05) is 11.7 Å². The summed E-state index contributed by atoms with van der Waals surface area (Å²) in [7, 11) is 1.54. The maximum absolute atomic E-state index is 13.8. The first-order valence-corrected chi connectivity index (χ1v) is 12.3. The topological polar surface area (TPSA) is 91.8 Å². The minimum absolute atomic E-state index is 0.0371. The molecule has 34 heavy (non-hydrogen) atoms. The Kier molecular flexibility index (Phi) is 7.60. The minimum Gasteiger partial charge on any atom is -0.508 e. The van der Waals surface area contributed by atoms with Gasteiger partial charge in [-0.3, -0.25) is 14.5 Å². The molecule has 7 nitrogen and oxygen atoms in total. The third kappa shape index (κ3) is 5.14. The van der Waals surface area contributed by atoms with Gasteiger partial charge in [-0.2, -0.15) is 4.37 Å². The Morgan fingerprint density at radius 1 is 1.12 bits per heavy atom. The molecule has 1 atom stereocenters. The summed E-state index contributed by atoms with van der Waals surface area (Å²) in [4.78, 5) is 28.9. The summed E-state index contributed by atoms with van der Waals surface area (Å²) in [5.74, 6) is -0.255. The van der Waals surface area contributed by atoms with Crippen LogP contribution in [0.5, 0.6) is 11.5 Å². The Hall–Kier alpha value is -2.81. The number of amides is 2. The van der Waals surface area contributed by atoms with E-state index in [1.807, 2.05) is 0 Å². The second-order valence-corrected chi connectivity index (χ2v) is 9.73. The van der Waals surface area contributed by atoms with Crippen LogP contribution in [-0.4, -0.2) is 34.4 Å². The van der Waals surface area contributed by atoms with Gasteiger partial charge in [-0.25, -0.2) is 0 Å². The SMILES string of the molecule is COc1ccc(N(C(=O)c2nsc(Cl)c2Cl)[C@@H](C(=O)NC2CCCC2)c2ccc(O)cc2)cc1. The molecule has 2 aromatic carbocycles. The number of benzene rings is 2. The molecule has 4 rings (SSSR count). The van der Waals surface area contributed by atoms with E-state index < -0.39 is 11.9 Å². The molecule has 0 bridgehead atoms. The fourth-order valence-corrected chi connectivity index (χ4v) is 5.04. The quantitative estimate of drug-likeness (QED) is 0.423. The van der Waals surface area contributed by atoms with Crippen LogP contribution in [0.15, 0.2) is 48.5 Å². The van der Waals surface area contributed by atoms with E-state index in [9.17, 15) is 14.7 Å². The van der Waals surface area contributed by atoms with Crippen LogP contribution in [0.4, 0.5) is 5.69 Å². The molecular weight excluding hydrogens is 497 g/mol. The fraction of sp³-hybridized carbons (Fsp3) is 0.292. The average Bonchev–Trinajstić information content (AvgIpc) is 3.47. The molecule has 1 saturated carbocycles. The molecule has 0 saturated heterocycles. The van der Waals surface area contributed by atoms with Gasteiger partial charge in [0.2, 0.25) is 5.91 Å². The maximum Gasteiger partial charge on any atom is 0.280 e. The van der Waals surface area contributed by atoms with Crippen LogP contribution in [0.2, 0.25) is 9.36 Å². The van der Waals surface area contributed by atoms with Crippen LogP contribution in [0.25, 0.3) is 0 Å². The molecule has 1 aliphatic carbocycles. The molecule has 0 spiro atoms. The molecule has 178 valence electrons. The van der Waals surface area contributed by atoms with Gasteiger partial charge >= 0.3 is 0 Å². The first-order chi connectivity index (χ1) is 16.4. The van der Waals surface area contributed by atoms with E-state index >= 15 is 0 Å². The number of aromatic hydroxyl groups is 1. The summed E-state index contributed by atoms with van der Waals surface area (Å²) in [5, 5.41) is 12.9. The molecule has 0 radical (unpaired) electrons. The smallest absolute Gasteiger partial charge is 0.280 e. The van der Waals surface area contributed by atoms with Gasteiger partial charge in [0.05, 0.1) is 7.11 Å². The van der Waals surface area contributed by atoms with E-state index in [-0.39, 0.29) is 32.8 Å².